The number of nitrogens with one attached hydrogen (secondary N) is 2. The summed E-state index contributed by atoms with van der Waals surface area (Å²) in [6, 6.07) is 4.34. The zero-order valence-corrected chi connectivity index (χ0v) is 24.0. The molecular formula is C28H32F4N6O5. The molecule has 3 rings (SSSR count). The van der Waals surface area contributed by atoms with Crippen LogP contribution in [0.1, 0.15) is 30.5 Å². The van der Waals surface area contributed by atoms with Gasteiger partial charge in [-0.25, -0.2) is 9.18 Å². The van der Waals surface area contributed by atoms with Crippen LogP contribution in [0.4, 0.5) is 28.0 Å². The van der Waals surface area contributed by atoms with Gasteiger partial charge in [-0.1, -0.05) is 6.08 Å². The Kier molecular flexibility index (Phi) is 10.7. The van der Waals surface area contributed by atoms with Gasteiger partial charge in [0.2, 0.25) is 5.91 Å². The first-order valence-corrected chi connectivity index (χ1v) is 13.1. The molecule has 0 aromatic carbocycles. The molecule has 0 bridgehead atoms. The standard InChI is InChI=1S/C28H32F4N6O5/c1-36(2)23(39)10-6-5-9-22(43-27(42)37(3)4)25(40)35-20-8-7-13-38(26(20)41)16-17-14-21-24(34-17)18(19(29)15-33-21)11-12-28(30,31)32/h6-8,10,13-15,22,34H,5,9,11-12,16H2,1-4H3,(H,35,40). The fourth-order valence-corrected chi connectivity index (χ4v) is 3.95. The van der Waals surface area contributed by atoms with Gasteiger partial charge in [0.05, 0.1) is 23.8 Å². The molecule has 1 unspecified atom stereocenters. The number of H-pyrrole nitrogens is 1. The van der Waals surface area contributed by atoms with E-state index < -0.39 is 48.5 Å². The maximum absolute atomic E-state index is 14.3. The highest BCUT2D eigenvalue weighted by atomic mass is 19.4. The molecule has 0 aliphatic heterocycles. The fourth-order valence-electron chi connectivity index (χ4n) is 3.95. The second-order valence-corrected chi connectivity index (χ2v) is 10.1. The number of hydrogen-bond acceptors (Lipinski definition) is 6. The lowest BCUT2D eigenvalue weighted by Crippen LogP contribution is -2.37. The Labute approximate surface area is 244 Å². The van der Waals surface area contributed by atoms with Crippen molar-refractivity contribution in [1.29, 1.82) is 0 Å². The number of halogens is 4. The predicted molar refractivity (Wildman–Crippen MR) is 150 cm³/mol. The first-order valence-electron chi connectivity index (χ1n) is 13.1. The number of ether oxygens (including phenoxy) is 1. The molecule has 11 nitrogen and oxygen atoms in total. The number of aromatic amines is 1. The summed E-state index contributed by atoms with van der Waals surface area (Å²) in [4.78, 5) is 59.4. The van der Waals surface area contributed by atoms with E-state index in [1.165, 1.54) is 60.1 Å². The number of alkyl halides is 3. The highest BCUT2D eigenvalue weighted by Gasteiger charge is 2.28. The van der Waals surface area contributed by atoms with Gasteiger partial charge >= 0.3 is 12.3 Å². The molecule has 3 aromatic heterocycles. The van der Waals surface area contributed by atoms with Crippen LogP contribution in [-0.4, -0.2) is 82.7 Å². The SMILES string of the molecule is CN(C)C(=O)C=CCCC(OC(=O)N(C)C)C(=O)Nc1cccn(Cc2cc3ncc(F)c(CCC(F)(F)F)c3[nH]2)c1=O. The lowest BCUT2D eigenvalue weighted by atomic mass is 10.1. The van der Waals surface area contributed by atoms with Crippen molar-refractivity contribution in [3.8, 4) is 0 Å². The third kappa shape index (κ3) is 9.15. The van der Waals surface area contributed by atoms with E-state index in [2.05, 4.69) is 15.3 Å². The number of aromatic nitrogens is 3. The van der Waals surface area contributed by atoms with E-state index in [1.807, 2.05) is 0 Å². The Balaban J connectivity index is 1.79. The van der Waals surface area contributed by atoms with E-state index in [1.54, 1.807) is 14.1 Å². The zero-order chi connectivity index (χ0) is 31.9. The topological polar surface area (TPSA) is 130 Å². The Bertz CT molecular complexity index is 1560. The Morgan fingerprint density at radius 2 is 1.91 bits per heavy atom. The number of hydrogen-bond donors (Lipinski definition) is 2. The normalized spacial score (nSPS) is 12.4. The minimum Gasteiger partial charge on any atom is -0.436 e. The smallest absolute Gasteiger partial charge is 0.410 e. The number of amides is 3. The molecule has 43 heavy (non-hydrogen) atoms. The Morgan fingerprint density at radius 3 is 2.56 bits per heavy atom. The molecule has 0 radical (unpaired) electrons. The van der Waals surface area contributed by atoms with E-state index in [4.69, 9.17) is 4.74 Å². The van der Waals surface area contributed by atoms with Gasteiger partial charge in [-0.15, -0.1) is 0 Å². The molecule has 0 aliphatic carbocycles. The Hall–Kier alpha value is -4.69. The highest BCUT2D eigenvalue weighted by Crippen LogP contribution is 2.27. The predicted octanol–water partition coefficient (Wildman–Crippen LogP) is 3.84. The van der Waals surface area contributed by atoms with Crippen molar-refractivity contribution in [2.75, 3.05) is 33.5 Å². The average molecular weight is 609 g/mol. The van der Waals surface area contributed by atoms with Gasteiger partial charge in [0.1, 0.15) is 11.5 Å². The van der Waals surface area contributed by atoms with E-state index in [-0.39, 0.29) is 47.6 Å². The Morgan fingerprint density at radius 1 is 1.19 bits per heavy atom. The number of anilines is 1. The summed E-state index contributed by atoms with van der Waals surface area (Å²) >= 11 is 0. The number of pyridine rings is 2. The summed E-state index contributed by atoms with van der Waals surface area (Å²) in [5, 5.41) is 2.48. The molecule has 15 heteroatoms. The van der Waals surface area contributed by atoms with Crippen LogP contribution in [0.15, 0.2) is 47.5 Å². The van der Waals surface area contributed by atoms with Crippen LogP contribution < -0.4 is 10.9 Å². The van der Waals surface area contributed by atoms with Crippen molar-refractivity contribution < 1.29 is 36.7 Å². The molecule has 0 saturated carbocycles. The lowest BCUT2D eigenvalue weighted by molar-refractivity contribution is -0.134. The van der Waals surface area contributed by atoms with Crippen LogP contribution in [0.2, 0.25) is 0 Å². The van der Waals surface area contributed by atoms with Crippen LogP contribution in [-0.2, 0) is 27.3 Å². The largest absolute Gasteiger partial charge is 0.436 e. The molecule has 1 atom stereocenters. The first kappa shape index (κ1) is 32.8. The van der Waals surface area contributed by atoms with Crippen LogP contribution in [0.5, 0.6) is 0 Å². The number of carbonyl (C=O) groups excluding carboxylic acids is 3. The van der Waals surface area contributed by atoms with Crippen molar-refractivity contribution in [1.82, 2.24) is 24.3 Å². The molecule has 0 saturated heterocycles. The van der Waals surface area contributed by atoms with Crippen LogP contribution >= 0.6 is 0 Å². The number of aryl methyl sites for hydroxylation is 1. The maximum Gasteiger partial charge on any atom is 0.410 e. The van der Waals surface area contributed by atoms with Gasteiger partial charge in [-0.05, 0) is 43.5 Å². The van der Waals surface area contributed by atoms with Crippen molar-refractivity contribution in [2.45, 2.75) is 44.5 Å². The summed E-state index contributed by atoms with van der Waals surface area (Å²) in [6.07, 6.45) is -2.95. The van der Waals surface area contributed by atoms with Crippen molar-refractivity contribution in [3.05, 3.63) is 70.2 Å². The van der Waals surface area contributed by atoms with Crippen LogP contribution in [0, 0.1) is 5.82 Å². The van der Waals surface area contributed by atoms with Crippen LogP contribution in [0.25, 0.3) is 11.0 Å². The summed E-state index contributed by atoms with van der Waals surface area (Å²) in [5.74, 6) is -1.90. The molecule has 0 fully saturated rings. The third-order valence-corrected chi connectivity index (χ3v) is 6.23. The summed E-state index contributed by atoms with van der Waals surface area (Å²) in [6.45, 7) is -0.0943. The lowest BCUT2D eigenvalue weighted by Gasteiger charge is -2.19. The molecule has 232 valence electrons. The average Bonchev–Trinajstić information content (AvgIpc) is 3.33. The highest BCUT2D eigenvalue weighted by molar-refractivity contribution is 5.95. The molecule has 0 aliphatic rings. The van der Waals surface area contributed by atoms with Crippen molar-refractivity contribution >= 4 is 34.6 Å². The van der Waals surface area contributed by atoms with E-state index in [0.29, 0.717) is 5.69 Å². The fraction of sp³-hybridized carbons (Fsp3) is 0.393. The minimum absolute atomic E-state index is 0.0267. The maximum atomic E-state index is 14.3. The second kappa shape index (κ2) is 14.0. The van der Waals surface area contributed by atoms with Crippen LogP contribution in [0.3, 0.4) is 0 Å². The van der Waals surface area contributed by atoms with E-state index in [0.717, 1.165) is 11.1 Å². The second-order valence-electron chi connectivity index (χ2n) is 10.1. The molecule has 3 amide bonds. The van der Waals surface area contributed by atoms with E-state index >= 15 is 0 Å². The minimum atomic E-state index is -4.47. The van der Waals surface area contributed by atoms with Gasteiger partial charge in [0.25, 0.3) is 11.5 Å². The van der Waals surface area contributed by atoms with E-state index in [9.17, 15) is 36.7 Å². The number of allylic oxidation sites excluding steroid dienone is 1. The van der Waals surface area contributed by atoms with Gasteiger partial charge < -0.3 is 29.4 Å². The van der Waals surface area contributed by atoms with Crippen molar-refractivity contribution in [3.63, 3.8) is 0 Å². The number of fused-ring (bicyclic) bond motifs is 1. The third-order valence-electron chi connectivity index (χ3n) is 6.23. The number of likely N-dealkylation sites (N-methyl/N-ethyl adjacent to an activating group) is 1. The van der Waals surface area contributed by atoms with Gasteiger partial charge in [-0.2, -0.15) is 13.2 Å². The molecule has 3 heterocycles. The quantitative estimate of drug-likeness (QED) is 0.252. The van der Waals surface area contributed by atoms with Gasteiger partial charge in [0.15, 0.2) is 6.10 Å². The summed E-state index contributed by atoms with van der Waals surface area (Å²) in [5.41, 5.74) is -0.213. The molecular weight excluding hydrogens is 576 g/mol. The van der Waals surface area contributed by atoms with Gasteiger partial charge in [-0.3, -0.25) is 19.4 Å². The molecule has 3 aromatic rings. The van der Waals surface area contributed by atoms with Crippen molar-refractivity contribution in [2.24, 2.45) is 0 Å². The summed E-state index contributed by atoms with van der Waals surface area (Å²) in [7, 11) is 6.05. The zero-order valence-electron chi connectivity index (χ0n) is 24.0. The molecule has 2 N–H and O–H groups in total. The number of nitrogens with zero attached hydrogens (tertiary/aromatic N) is 4. The number of rotatable bonds is 11. The first-order chi connectivity index (χ1) is 20.2. The summed E-state index contributed by atoms with van der Waals surface area (Å²) < 4.78 is 59.1. The van der Waals surface area contributed by atoms with Gasteiger partial charge in [0, 0.05) is 52.1 Å². The number of carbonyl (C=O) groups is 3. The molecule has 0 spiro atoms. The monoisotopic (exact) mass is 608 g/mol.